The molecular weight excluding hydrogens is 487 g/mol. The van der Waals surface area contributed by atoms with E-state index in [1.165, 1.54) is 30.8 Å². The van der Waals surface area contributed by atoms with Crippen LogP contribution in [0.4, 0.5) is 13.2 Å². The van der Waals surface area contributed by atoms with Gasteiger partial charge in [0.25, 0.3) is 0 Å². The fourth-order valence-corrected chi connectivity index (χ4v) is 3.93. The molecule has 36 heavy (non-hydrogen) atoms. The number of hydrogen-bond donors (Lipinski definition) is 0. The first-order valence-electron chi connectivity index (χ1n) is 10.8. The molecule has 1 aromatic heterocycles. The fraction of sp³-hybridized carbons (Fsp3) is 0.435. The molecule has 1 aromatic carbocycles. The van der Waals surface area contributed by atoms with Gasteiger partial charge in [-0.15, -0.1) is 11.7 Å². The summed E-state index contributed by atoms with van der Waals surface area (Å²) in [5.41, 5.74) is -0.156. The van der Waals surface area contributed by atoms with Crippen LogP contribution in [0.5, 0.6) is 0 Å². The van der Waals surface area contributed by atoms with Crippen LogP contribution in [-0.4, -0.2) is 63.9 Å². The molecule has 1 aliphatic heterocycles. The predicted molar refractivity (Wildman–Crippen MR) is 116 cm³/mol. The van der Waals surface area contributed by atoms with E-state index in [0.717, 1.165) is 19.1 Å². The molecule has 0 aliphatic carbocycles. The van der Waals surface area contributed by atoms with Crippen molar-refractivity contribution in [3.8, 4) is 11.3 Å². The lowest BCUT2D eigenvalue weighted by atomic mass is 9.90. The molecule has 1 aliphatic rings. The van der Waals surface area contributed by atoms with Crippen molar-refractivity contribution in [3.05, 3.63) is 48.4 Å². The molecule has 0 radical (unpaired) electrons. The monoisotopic (exact) mass is 511 g/mol. The topological polar surface area (TPSA) is 119 Å². The summed E-state index contributed by atoms with van der Waals surface area (Å²) in [5, 5.41) is 7.89. The highest BCUT2D eigenvalue weighted by Gasteiger charge is 2.51. The standard InChI is InChI=1S/C23H24F3N3O7/c1-5-6-18-22(34-12(3)31)21(23(35-13(4)32)19(36-18)10-33-11(2)30)29-9-17(27-28-29)14-7-15(24)20(26)16(25)8-14/h5,7-9,18-19,21-23H,1,6,10H2,2-4H3/t18-,19-,21-,22+,23+/m1/s1. The van der Waals surface area contributed by atoms with E-state index in [1.807, 2.05) is 0 Å². The maximum Gasteiger partial charge on any atom is 0.303 e. The highest BCUT2D eigenvalue weighted by atomic mass is 19.2. The first kappa shape index (κ1) is 26.9. The third kappa shape index (κ3) is 6.08. The summed E-state index contributed by atoms with van der Waals surface area (Å²) in [5.74, 6) is -6.48. The fourth-order valence-electron chi connectivity index (χ4n) is 3.93. The molecule has 0 amide bonds. The minimum absolute atomic E-state index is 0.0424. The molecule has 3 rings (SSSR count). The van der Waals surface area contributed by atoms with Crippen LogP contribution in [0.25, 0.3) is 11.3 Å². The van der Waals surface area contributed by atoms with Crippen LogP contribution in [-0.2, 0) is 33.3 Å². The van der Waals surface area contributed by atoms with E-state index in [2.05, 4.69) is 16.9 Å². The van der Waals surface area contributed by atoms with Crippen LogP contribution in [0.2, 0.25) is 0 Å². The summed E-state index contributed by atoms with van der Waals surface area (Å²) < 4.78 is 64.2. The Kier molecular flexibility index (Phi) is 8.45. The Morgan fingerprint density at radius 1 is 1.03 bits per heavy atom. The van der Waals surface area contributed by atoms with E-state index < -0.39 is 65.8 Å². The molecule has 0 bridgehead atoms. The highest BCUT2D eigenvalue weighted by Crippen LogP contribution is 2.36. The Bertz CT molecular complexity index is 1130. The van der Waals surface area contributed by atoms with Crippen molar-refractivity contribution in [3.63, 3.8) is 0 Å². The quantitative estimate of drug-likeness (QED) is 0.228. The average molecular weight is 511 g/mol. The minimum Gasteiger partial charge on any atom is -0.463 e. The zero-order chi connectivity index (χ0) is 26.6. The number of nitrogens with zero attached hydrogens (tertiary/aromatic N) is 3. The maximum absolute atomic E-state index is 13.8. The Balaban J connectivity index is 2.10. The number of esters is 3. The lowest BCUT2D eigenvalue weighted by molar-refractivity contribution is -0.228. The molecule has 5 atom stereocenters. The van der Waals surface area contributed by atoms with Crippen molar-refractivity contribution in [1.29, 1.82) is 0 Å². The van der Waals surface area contributed by atoms with Gasteiger partial charge in [-0.1, -0.05) is 11.3 Å². The van der Waals surface area contributed by atoms with E-state index in [4.69, 9.17) is 18.9 Å². The molecule has 2 aromatic rings. The molecular formula is C23H24F3N3O7. The second-order valence-electron chi connectivity index (χ2n) is 8.02. The van der Waals surface area contributed by atoms with Crippen molar-refractivity contribution in [1.82, 2.24) is 15.0 Å². The van der Waals surface area contributed by atoms with Gasteiger partial charge in [0.1, 0.15) is 30.6 Å². The molecule has 1 saturated heterocycles. The number of halogens is 3. The third-order valence-electron chi connectivity index (χ3n) is 5.30. The molecule has 2 heterocycles. The molecule has 10 nitrogen and oxygen atoms in total. The summed E-state index contributed by atoms with van der Waals surface area (Å²) in [6, 6.07) is 0.426. The Morgan fingerprint density at radius 2 is 1.61 bits per heavy atom. The van der Waals surface area contributed by atoms with Crippen molar-refractivity contribution in [2.24, 2.45) is 0 Å². The van der Waals surface area contributed by atoms with Crippen LogP contribution in [0.15, 0.2) is 31.0 Å². The first-order valence-corrected chi connectivity index (χ1v) is 10.8. The number of carbonyl (C=O) groups is 3. The summed E-state index contributed by atoms with van der Waals surface area (Å²) in [6.07, 6.45) is -1.14. The van der Waals surface area contributed by atoms with Crippen molar-refractivity contribution >= 4 is 17.9 Å². The van der Waals surface area contributed by atoms with E-state index >= 15 is 0 Å². The number of rotatable bonds is 8. The first-order chi connectivity index (χ1) is 17.0. The van der Waals surface area contributed by atoms with Crippen LogP contribution in [0.3, 0.4) is 0 Å². The largest absolute Gasteiger partial charge is 0.463 e. The van der Waals surface area contributed by atoms with Crippen LogP contribution < -0.4 is 0 Å². The molecule has 0 N–H and O–H groups in total. The van der Waals surface area contributed by atoms with Gasteiger partial charge in [0.05, 0.1) is 6.20 Å². The summed E-state index contributed by atoms with van der Waals surface area (Å²) >= 11 is 0. The normalized spacial score (nSPS) is 23.6. The summed E-state index contributed by atoms with van der Waals surface area (Å²) in [6.45, 7) is 6.87. The Hall–Kier alpha value is -3.74. The van der Waals surface area contributed by atoms with Gasteiger partial charge in [0.15, 0.2) is 29.7 Å². The Morgan fingerprint density at radius 3 is 2.14 bits per heavy atom. The van der Waals surface area contributed by atoms with Gasteiger partial charge in [-0.2, -0.15) is 0 Å². The van der Waals surface area contributed by atoms with Gasteiger partial charge < -0.3 is 18.9 Å². The molecule has 0 unspecified atom stereocenters. The number of benzene rings is 1. The molecule has 1 fully saturated rings. The second-order valence-corrected chi connectivity index (χ2v) is 8.02. The zero-order valence-electron chi connectivity index (χ0n) is 19.7. The smallest absolute Gasteiger partial charge is 0.303 e. The third-order valence-corrected chi connectivity index (χ3v) is 5.30. The zero-order valence-corrected chi connectivity index (χ0v) is 19.7. The molecule has 0 spiro atoms. The molecule has 194 valence electrons. The lowest BCUT2D eigenvalue weighted by Gasteiger charge is -2.44. The van der Waals surface area contributed by atoms with Gasteiger partial charge >= 0.3 is 17.9 Å². The Labute approximate surface area is 203 Å². The average Bonchev–Trinajstić information content (AvgIpc) is 3.27. The van der Waals surface area contributed by atoms with Gasteiger partial charge in [-0.3, -0.25) is 14.4 Å². The minimum atomic E-state index is -1.64. The number of hydrogen-bond acceptors (Lipinski definition) is 9. The SMILES string of the molecule is C=CC[C@H]1O[C@H](COC(C)=O)[C@H](OC(C)=O)[C@H](n2cc(-c3cc(F)c(F)c(F)c3)nn2)[C@H]1OC(C)=O. The summed E-state index contributed by atoms with van der Waals surface area (Å²) in [4.78, 5) is 35.4. The van der Waals surface area contributed by atoms with Gasteiger partial charge in [-0.05, 0) is 18.6 Å². The van der Waals surface area contributed by atoms with Crippen molar-refractivity contribution in [2.75, 3.05) is 6.61 Å². The van der Waals surface area contributed by atoms with Gasteiger partial charge in [0, 0.05) is 26.3 Å². The number of carbonyl (C=O) groups excluding carboxylic acids is 3. The molecule has 0 saturated carbocycles. The predicted octanol–water partition coefficient (Wildman–Crippen LogP) is 2.67. The number of aromatic nitrogens is 3. The van der Waals surface area contributed by atoms with Crippen molar-refractivity contribution in [2.45, 2.75) is 57.6 Å². The van der Waals surface area contributed by atoms with Crippen LogP contribution in [0.1, 0.15) is 33.2 Å². The van der Waals surface area contributed by atoms with Gasteiger partial charge in [0.2, 0.25) is 0 Å². The van der Waals surface area contributed by atoms with E-state index in [9.17, 15) is 27.6 Å². The summed E-state index contributed by atoms with van der Waals surface area (Å²) in [7, 11) is 0. The highest BCUT2D eigenvalue weighted by molar-refractivity contribution is 5.67. The second kappa shape index (κ2) is 11.3. The van der Waals surface area contributed by atoms with E-state index in [0.29, 0.717) is 0 Å². The van der Waals surface area contributed by atoms with E-state index in [1.54, 1.807) is 0 Å². The van der Waals surface area contributed by atoms with E-state index in [-0.39, 0.29) is 24.3 Å². The van der Waals surface area contributed by atoms with Crippen LogP contribution in [0, 0.1) is 17.5 Å². The maximum atomic E-state index is 13.8. The van der Waals surface area contributed by atoms with Crippen molar-refractivity contribution < 1.29 is 46.5 Å². The molecule has 13 heteroatoms. The van der Waals surface area contributed by atoms with Gasteiger partial charge in [-0.25, -0.2) is 17.9 Å². The van der Waals surface area contributed by atoms with Crippen LogP contribution >= 0.6 is 0 Å². The number of ether oxygens (including phenoxy) is 4. The lowest BCUT2D eigenvalue weighted by Crippen LogP contribution is -2.58.